The van der Waals surface area contributed by atoms with Gasteiger partial charge in [-0.25, -0.2) is 0 Å². The van der Waals surface area contributed by atoms with Gasteiger partial charge in [-0.1, -0.05) is 47.0 Å². The van der Waals surface area contributed by atoms with Crippen molar-refractivity contribution in [3.05, 3.63) is 12.2 Å². The predicted molar refractivity (Wildman–Crippen MR) is 45.9 cm³/mol. The van der Waals surface area contributed by atoms with Crippen LogP contribution in [0.1, 0.15) is 0 Å². The Kier molecular flexibility index (Phi) is 2.87. The lowest BCUT2D eigenvalue weighted by Gasteiger charge is -2.19. The van der Waals surface area contributed by atoms with E-state index < -0.39 is 3.79 Å². The second-order valence-corrected chi connectivity index (χ2v) is 4.80. The Hall–Kier alpha value is 0.570. The second kappa shape index (κ2) is 3.31. The maximum absolute atomic E-state index is 5.57. The highest BCUT2D eigenvalue weighted by atomic mass is 35.6. The first kappa shape index (κ1) is 8.66. The minimum Gasteiger partial charge on any atom is -0.292 e. The smallest absolute Gasteiger partial charge is 0.203 e. The van der Waals surface area contributed by atoms with E-state index in [2.05, 4.69) is 17.1 Å². The zero-order valence-electron chi connectivity index (χ0n) is 5.36. The number of halogens is 3. The van der Waals surface area contributed by atoms with Crippen molar-refractivity contribution < 1.29 is 0 Å². The molecule has 0 N–H and O–H groups in total. The molecule has 0 saturated heterocycles. The van der Waals surface area contributed by atoms with Crippen LogP contribution in [0.3, 0.4) is 0 Å². The quantitative estimate of drug-likeness (QED) is 0.463. The van der Waals surface area contributed by atoms with Crippen LogP contribution in [-0.4, -0.2) is 28.3 Å². The molecule has 0 spiro atoms. The first-order valence-electron chi connectivity index (χ1n) is 3.02. The second-order valence-electron chi connectivity index (χ2n) is 2.28. The Morgan fingerprint density at radius 2 is 1.70 bits per heavy atom. The molecular formula is C6H8Cl3N. The largest absolute Gasteiger partial charge is 0.292 e. The van der Waals surface area contributed by atoms with Gasteiger partial charge < -0.3 is 0 Å². The predicted octanol–water partition coefficient (Wildman–Crippen LogP) is 2.23. The fourth-order valence-corrected chi connectivity index (χ4v) is 1.41. The van der Waals surface area contributed by atoms with E-state index in [0.29, 0.717) is 6.54 Å². The molecule has 0 saturated carbocycles. The zero-order valence-corrected chi connectivity index (χ0v) is 7.62. The van der Waals surface area contributed by atoms with Crippen LogP contribution in [0.4, 0.5) is 0 Å². The summed E-state index contributed by atoms with van der Waals surface area (Å²) in [6.45, 7) is 2.30. The van der Waals surface area contributed by atoms with Gasteiger partial charge in [-0.05, 0) is 0 Å². The summed E-state index contributed by atoms with van der Waals surface area (Å²) in [6.07, 6.45) is 4.13. The van der Waals surface area contributed by atoms with Crippen LogP contribution < -0.4 is 0 Å². The van der Waals surface area contributed by atoms with E-state index >= 15 is 0 Å². The molecule has 58 valence electrons. The van der Waals surface area contributed by atoms with Gasteiger partial charge in [0.2, 0.25) is 3.79 Å². The molecule has 4 heteroatoms. The van der Waals surface area contributed by atoms with E-state index in [4.69, 9.17) is 34.8 Å². The number of nitrogens with zero attached hydrogens (tertiary/aromatic N) is 1. The first-order valence-corrected chi connectivity index (χ1v) is 4.15. The van der Waals surface area contributed by atoms with E-state index in [1.165, 1.54) is 0 Å². The number of hydrogen-bond donors (Lipinski definition) is 0. The lowest BCUT2D eigenvalue weighted by atomic mass is 10.6. The summed E-state index contributed by atoms with van der Waals surface area (Å²) in [5, 5.41) is 0. The normalized spacial score (nSPS) is 20.3. The standard InChI is InChI=1S/C6H8Cl3N/c7-6(8,9)5-10-3-1-2-4-10/h1-2H,3-5H2. The molecule has 0 aromatic heterocycles. The van der Waals surface area contributed by atoms with Crippen molar-refractivity contribution >= 4 is 34.8 Å². The SMILES string of the molecule is ClC(Cl)(Cl)CN1CC=CC1. The third-order valence-electron chi connectivity index (χ3n) is 1.30. The molecule has 0 aromatic rings. The molecule has 1 nitrogen and oxygen atoms in total. The topological polar surface area (TPSA) is 3.24 Å². The van der Waals surface area contributed by atoms with Crippen molar-refractivity contribution in [3.63, 3.8) is 0 Å². The van der Waals surface area contributed by atoms with Gasteiger partial charge >= 0.3 is 0 Å². The minimum atomic E-state index is -1.13. The zero-order chi connectivity index (χ0) is 7.61. The van der Waals surface area contributed by atoms with Crippen LogP contribution in [0.5, 0.6) is 0 Å². The molecule has 10 heavy (non-hydrogen) atoms. The van der Waals surface area contributed by atoms with E-state index in [1.807, 2.05) is 0 Å². The first-order chi connectivity index (χ1) is 4.58. The molecule has 0 amide bonds. The van der Waals surface area contributed by atoms with Crippen LogP contribution in [0, 0.1) is 0 Å². The van der Waals surface area contributed by atoms with Crippen molar-refractivity contribution in [2.75, 3.05) is 19.6 Å². The van der Waals surface area contributed by atoms with Crippen LogP contribution in [0.15, 0.2) is 12.2 Å². The van der Waals surface area contributed by atoms with Crippen molar-refractivity contribution in [3.8, 4) is 0 Å². The van der Waals surface area contributed by atoms with Crippen molar-refractivity contribution in [1.29, 1.82) is 0 Å². The molecule has 0 unspecified atom stereocenters. The van der Waals surface area contributed by atoms with E-state index in [1.54, 1.807) is 0 Å². The average Bonchev–Trinajstić information content (AvgIpc) is 2.12. The van der Waals surface area contributed by atoms with Crippen LogP contribution >= 0.6 is 34.8 Å². The van der Waals surface area contributed by atoms with Crippen molar-refractivity contribution in [1.82, 2.24) is 4.90 Å². The monoisotopic (exact) mass is 199 g/mol. The van der Waals surface area contributed by atoms with Crippen molar-refractivity contribution in [2.45, 2.75) is 3.79 Å². The Bertz CT molecular complexity index is 130. The molecule has 1 aliphatic rings. The molecule has 0 aliphatic carbocycles. The Labute approximate surface area is 75.5 Å². The fraction of sp³-hybridized carbons (Fsp3) is 0.667. The van der Waals surface area contributed by atoms with Gasteiger partial charge in [-0.3, -0.25) is 4.90 Å². The van der Waals surface area contributed by atoms with Crippen LogP contribution in [0.2, 0.25) is 0 Å². The molecule has 0 bridgehead atoms. The Morgan fingerprint density at radius 1 is 1.20 bits per heavy atom. The van der Waals surface area contributed by atoms with Gasteiger partial charge in [0.1, 0.15) is 0 Å². The number of rotatable bonds is 1. The van der Waals surface area contributed by atoms with Crippen LogP contribution in [-0.2, 0) is 0 Å². The third-order valence-corrected chi connectivity index (χ3v) is 1.66. The molecule has 0 aromatic carbocycles. The summed E-state index contributed by atoms with van der Waals surface area (Å²) in [7, 11) is 0. The molecule has 0 radical (unpaired) electrons. The highest BCUT2D eigenvalue weighted by Crippen LogP contribution is 2.27. The summed E-state index contributed by atoms with van der Waals surface area (Å²) in [4.78, 5) is 2.06. The average molecular weight is 200 g/mol. The highest BCUT2D eigenvalue weighted by molar-refractivity contribution is 6.67. The highest BCUT2D eigenvalue weighted by Gasteiger charge is 2.23. The maximum Gasteiger partial charge on any atom is 0.203 e. The van der Waals surface area contributed by atoms with E-state index in [9.17, 15) is 0 Å². The Balaban J connectivity index is 2.26. The van der Waals surface area contributed by atoms with E-state index in [-0.39, 0.29) is 0 Å². The molecule has 1 aliphatic heterocycles. The molecular weight excluding hydrogens is 192 g/mol. The summed E-state index contributed by atoms with van der Waals surface area (Å²) >= 11 is 16.7. The lowest BCUT2D eigenvalue weighted by molar-refractivity contribution is 0.361. The van der Waals surface area contributed by atoms with Crippen molar-refractivity contribution in [2.24, 2.45) is 0 Å². The summed E-state index contributed by atoms with van der Waals surface area (Å²) in [5.41, 5.74) is 0. The lowest BCUT2D eigenvalue weighted by Crippen LogP contribution is -2.30. The van der Waals surface area contributed by atoms with Gasteiger partial charge in [-0.15, -0.1) is 0 Å². The van der Waals surface area contributed by atoms with Gasteiger partial charge in [0.05, 0.1) is 0 Å². The van der Waals surface area contributed by atoms with Gasteiger partial charge in [-0.2, -0.15) is 0 Å². The molecule has 0 atom stereocenters. The summed E-state index contributed by atoms with van der Waals surface area (Å²) in [5.74, 6) is 0. The van der Waals surface area contributed by atoms with Gasteiger partial charge in [0.25, 0.3) is 0 Å². The number of hydrogen-bond acceptors (Lipinski definition) is 1. The van der Waals surface area contributed by atoms with Gasteiger partial charge in [0.15, 0.2) is 0 Å². The molecule has 0 fully saturated rings. The summed E-state index contributed by atoms with van der Waals surface area (Å²) in [6, 6.07) is 0. The minimum absolute atomic E-state index is 0.505. The maximum atomic E-state index is 5.57. The fourth-order valence-electron chi connectivity index (χ4n) is 0.904. The molecule has 1 rings (SSSR count). The van der Waals surface area contributed by atoms with Gasteiger partial charge in [0, 0.05) is 19.6 Å². The van der Waals surface area contributed by atoms with E-state index in [0.717, 1.165) is 13.1 Å². The Morgan fingerprint density at radius 3 is 2.10 bits per heavy atom. The third kappa shape index (κ3) is 3.11. The number of alkyl halides is 3. The summed E-state index contributed by atoms with van der Waals surface area (Å²) < 4.78 is -1.13. The molecule has 1 heterocycles. The van der Waals surface area contributed by atoms with Crippen LogP contribution in [0.25, 0.3) is 0 Å².